The molecule has 6 nitrogen and oxygen atoms in total. The number of aromatic hydroxyl groups is 1. The van der Waals surface area contributed by atoms with E-state index in [0.29, 0.717) is 25.5 Å². The van der Waals surface area contributed by atoms with Crippen molar-refractivity contribution in [1.29, 1.82) is 0 Å². The average molecular weight is 292 g/mol. The van der Waals surface area contributed by atoms with Gasteiger partial charge in [-0.25, -0.2) is 4.79 Å². The van der Waals surface area contributed by atoms with Crippen molar-refractivity contribution < 1.29 is 29.3 Å². The fraction of sp³-hybridized carbons (Fsp3) is 0.267. The Hall–Kier alpha value is -2.63. The number of hydrogen-bond donors (Lipinski definition) is 2. The maximum Gasteiger partial charge on any atom is 0.330 e. The van der Waals surface area contributed by atoms with E-state index < -0.39 is 11.9 Å². The molecule has 1 rings (SSSR count). The van der Waals surface area contributed by atoms with Crippen LogP contribution in [-0.4, -0.2) is 28.4 Å². The minimum absolute atomic E-state index is 0.0551. The van der Waals surface area contributed by atoms with Gasteiger partial charge >= 0.3 is 11.9 Å². The van der Waals surface area contributed by atoms with Gasteiger partial charge in [-0.1, -0.05) is 12.6 Å². The SMILES string of the molecule is C=C(CCCCC(=O)Oc1c(O)cccc1C=O)C(=O)O. The number of phenols is 1. The van der Waals surface area contributed by atoms with E-state index >= 15 is 0 Å². The predicted molar refractivity (Wildman–Crippen MR) is 74.4 cm³/mol. The van der Waals surface area contributed by atoms with E-state index in [0.717, 1.165) is 0 Å². The van der Waals surface area contributed by atoms with Gasteiger partial charge in [0.1, 0.15) is 0 Å². The Morgan fingerprint density at radius 3 is 2.52 bits per heavy atom. The summed E-state index contributed by atoms with van der Waals surface area (Å²) in [7, 11) is 0. The van der Waals surface area contributed by atoms with Crippen LogP contribution in [0.3, 0.4) is 0 Å². The fourth-order valence-electron chi connectivity index (χ4n) is 1.63. The Morgan fingerprint density at radius 1 is 1.24 bits per heavy atom. The third-order valence-electron chi connectivity index (χ3n) is 2.78. The van der Waals surface area contributed by atoms with E-state index in [4.69, 9.17) is 9.84 Å². The minimum Gasteiger partial charge on any atom is -0.504 e. The number of carboxylic acid groups (broad SMARTS) is 1. The number of carbonyl (C=O) groups excluding carboxylic acids is 2. The maximum atomic E-state index is 11.6. The number of aldehydes is 1. The quantitative estimate of drug-likeness (QED) is 0.251. The number of para-hydroxylation sites is 1. The van der Waals surface area contributed by atoms with Crippen LogP contribution in [0, 0.1) is 0 Å². The molecular weight excluding hydrogens is 276 g/mol. The second-order valence-electron chi connectivity index (χ2n) is 4.40. The van der Waals surface area contributed by atoms with E-state index in [-0.39, 0.29) is 29.1 Å². The molecule has 0 bridgehead atoms. The molecule has 0 aliphatic carbocycles. The second kappa shape index (κ2) is 7.84. The van der Waals surface area contributed by atoms with Crippen LogP contribution >= 0.6 is 0 Å². The van der Waals surface area contributed by atoms with E-state index in [1.54, 1.807) is 0 Å². The first-order valence-corrected chi connectivity index (χ1v) is 6.34. The summed E-state index contributed by atoms with van der Waals surface area (Å²) in [6, 6.07) is 4.20. The zero-order valence-corrected chi connectivity index (χ0v) is 11.4. The summed E-state index contributed by atoms with van der Waals surface area (Å²) < 4.78 is 4.96. The number of hydrogen-bond acceptors (Lipinski definition) is 5. The summed E-state index contributed by atoms with van der Waals surface area (Å²) in [5.74, 6) is -2.09. The fourth-order valence-corrected chi connectivity index (χ4v) is 1.63. The molecule has 0 aliphatic rings. The lowest BCUT2D eigenvalue weighted by atomic mass is 10.1. The molecule has 0 radical (unpaired) electrons. The zero-order chi connectivity index (χ0) is 15.8. The van der Waals surface area contributed by atoms with E-state index in [1.807, 2.05) is 0 Å². The normalized spacial score (nSPS) is 9.90. The van der Waals surface area contributed by atoms with Crippen LogP contribution in [0.25, 0.3) is 0 Å². The predicted octanol–water partition coefficient (Wildman–Crippen LogP) is 2.31. The number of unbranched alkanes of at least 4 members (excludes halogenated alkanes) is 1. The minimum atomic E-state index is -1.05. The van der Waals surface area contributed by atoms with Crippen LogP contribution in [0.5, 0.6) is 11.5 Å². The topological polar surface area (TPSA) is 101 Å². The molecule has 0 fully saturated rings. The highest BCUT2D eigenvalue weighted by Gasteiger charge is 2.13. The Labute approximate surface area is 121 Å². The van der Waals surface area contributed by atoms with Gasteiger partial charge in [-0.3, -0.25) is 9.59 Å². The van der Waals surface area contributed by atoms with Gasteiger partial charge in [0.05, 0.1) is 5.56 Å². The molecule has 0 aromatic heterocycles. The molecule has 112 valence electrons. The number of carboxylic acids is 1. The Morgan fingerprint density at radius 2 is 1.90 bits per heavy atom. The molecule has 1 aromatic carbocycles. The standard InChI is InChI=1S/C15H16O6/c1-10(15(19)20)5-2-3-8-13(18)21-14-11(9-16)6-4-7-12(14)17/h4,6-7,9,17H,1-3,5,8H2,(H,19,20). The molecule has 0 amide bonds. The number of carbonyl (C=O) groups is 3. The summed E-state index contributed by atoms with van der Waals surface area (Å²) in [6.45, 7) is 3.39. The number of aliphatic carboxylic acids is 1. The van der Waals surface area contributed by atoms with E-state index in [1.165, 1.54) is 18.2 Å². The number of ether oxygens (including phenoxy) is 1. The number of rotatable bonds is 8. The van der Waals surface area contributed by atoms with Crippen molar-refractivity contribution in [3.8, 4) is 11.5 Å². The Balaban J connectivity index is 2.46. The van der Waals surface area contributed by atoms with E-state index in [9.17, 15) is 19.5 Å². The number of phenolic OH excluding ortho intramolecular Hbond substituents is 1. The van der Waals surface area contributed by atoms with Crippen molar-refractivity contribution in [2.75, 3.05) is 0 Å². The summed E-state index contributed by atoms with van der Waals surface area (Å²) in [5, 5.41) is 18.2. The lowest BCUT2D eigenvalue weighted by molar-refractivity contribution is -0.134. The van der Waals surface area contributed by atoms with Gasteiger partial charge in [-0.15, -0.1) is 0 Å². The van der Waals surface area contributed by atoms with Crippen LogP contribution < -0.4 is 4.74 Å². The van der Waals surface area contributed by atoms with Gasteiger partial charge in [0, 0.05) is 12.0 Å². The van der Waals surface area contributed by atoms with Crippen LogP contribution in [0.2, 0.25) is 0 Å². The van der Waals surface area contributed by atoms with E-state index in [2.05, 4.69) is 6.58 Å². The second-order valence-corrected chi connectivity index (χ2v) is 4.40. The van der Waals surface area contributed by atoms with Gasteiger partial charge < -0.3 is 14.9 Å². The van der Waals surface area contributed by atoms with Gasteiger partial charge in [0.25, 0.3) is 0 Å². The lowest BCUT2D eigenvalue weighted by Crippen LogP contribution is -2.09. The first-order valence-electron chi connectivity index (χ1n) is 6.34. The van der Waals surface area contributed by atoms with Crippen LogP contribution in [0.4, 0.5) is 0 Å². The highest BCUT2D eigenvalue weighted by atomic mass is 16.5. The van der Waals surface area contributed by atoms with Gasteiger partial charge in [-0.05, 0) is 31.4 Å². The molecule has 0 unspecified atom stereocenters. The molecular formula is C15H16O6. The van der Waals surface area contributed by atoms with Crippen molar-refractivity contribution in [3.05, 3.63) is 35.9 Å². The Kier molecular flexibility index (Phi) is 6.13. The molecule has 0 aliphatic heterocycles. The van der Waals surface area contributed by atoms with Crippen molar-refractivity contribution in [3.63, 3.8) is 0 Å². The number of benzene rings is 1. The highest BCUT2D eigenvalue weighted by Crippen LogP contribution is 2.29. The molecule has 0 saturated heterocycles. The Bertz CT molecular complexity index is 561. The maximum absolute atomic E-state index is 11.6. The molecule has 0 heterocycles. The van der Waals surface area contributed by atoms with Gasteiger partial charge in [0.15, 0.2) is 17.8 Å². The zero-order valence-electron chi connectivity index (χ0n) is 11.4. The van der Waals surface area contributed by atoms with Crippen LogP contribution in [0.15, 0.2) is 30.4 Å². The molecule has 6 heteroatoms. The highest BCUT2D eigenvalue weighted by molar-refractivity contribution is 5.85. The van der Waals surface area contributed by atoms with Crippen molar-refractivity contribution in [2.45, 2.75) is 25.7 Å². The monoisotopic (exact) mass is 292 g/mol. The number of esters is 1. The molecule has 0 atom stereocenters. The molecule has 0 spiro atoms. The lowest BCUT2D eigenvalue weighted by Gasteiger charge is -2.08. The molecule has 21 heavy (non-hydrogen) atoms. The first-order chi connectivity index (χ1) is 9.95. The third kappa shape index (κ3) is 5.10. The molecule has 2 N–H and O–H groups in total. The average Bonchev–Trinajstić information content (AvgIpc) is 2.45. The van der Waals surface area contributed by atoms with Crippen molar-refractivity contribution in [2.24, 2.45) is 0 Å². The summed E-state index contributed by atoms with van der Waals surface area (Å²) in [4.78, 5) is 32.9. The summed E-state index contributed by atoms with van der Waals surface area (Å²) in [6.07, 6.45) is 1.74. The van der Waals surface area contributed by atoms with Crippen molar-refractivity contribution >= 4 is 18.2 Å². The largest absolute Gasteiger partial charge is 0.504 e. The smallest absolute Gasteiger partial charge is 0.330 e. The van der Waals surface area contributed by atoms with Gasteiger partial charge in [0.2, 0.25) is 0 Å². The van der Waals surface area contributed by atoms with Crippen molar-refractivity contribution in [1.82, 2.24) is 0 Å². The van der Waals surface area contributed by atoms with Crippen LogP contribution in [0.1, 0.15) is 36.0 Å². The third-order valence-corrected chi connectivity index (χ3v) is 2.78. The van der Waals surface area contributed by atoms with Gasteiger partial charge in [-0.2, -0.15) is 0 Å². The summed E-state index contributed by atoms with van der Waals surface area (Å²) in [5.41, 5.74) is 0.176. The first kappa shape index (κ1) is 16.4. The molecule has 0 saturated carbocycles. The summed E-state index contributed by atoms with van der Waals surface area (Å²) >= 11 is 0. The van der Waals surface area contributed by atoms with Crippen LogP contribution in [-0.2, 0) is 9.59 Å². The molecule has 1 aromatic rings.